The Morgan fingerprint density at radius 2 is 1.71 bits per heavy atom. The van der Waals surface area contributed by atoms with Gasteiger partial charge in [-0.1, -0.05) is 38.5 Å². The molecule has 0 saturated carbocycles. The third-order valence-electron chi connectivity index (χ3n) is 6.84. The van der Waals surface area contributed by atoms with E-state index in [9.17, 15) is 13.8 Å². The van der Waals surface area contributed by atoms with Gasteiger partial charge < -0.3 is 19.4 Å². The smallest absolute Gasteiger partial charge is 0.408 e. The van der Waals surface area contributed by atoms with E-state index in [0.717, 1.165) is 5.56 Å². The molecule has 0 bridgehead atoms. The SMILES string of the molecule is Cc1ccc(S(=O)C2=C3[C@@H](O[Si](C)(C)C(C)(C)C)CCN3C(=O)[C@@H](NC(=O)OC(C)(C)C)C2)cc1. The summed E-state index contributed by atoms with van der Waals surface area (Å²) in [6.07, 6.45) is -0.164. The quantitative estimate of drug-likeness (QED) is 0.537. The summed E-state index contributed by atoms with van der Waals surface area (Å²) in [6, 6.07) is 6.73. The standard InChI is InChI=1S/C26H40N2O5SSi/c1-17-10-12-18(13-11-17)34(31)21-16-19(27-24(30)32-25(2,3)4)23(29)28-15-14-20(22(21)28)33-35(8,9)26(5,6)7/h10-13,19-20H,14-16H2,1-9H3,(H,27,30)/t19-,20-,34?/m0/s1. The molecule has 3 atom stereocenters. The van der Waals surface area contributed by atoms with Gasteiger partial charge in [0.15, 0.2) is 8.32 Å². The van der Waals surface area contributed by atoms with Gasteiger partial charge in [0.25, 0.3) is 0 Å². The number of alkyl carbamates (subject to hydrolysis) is 1. The molecule has 1 aromatic rings. The lowest BCUT2D eigenvalue weighted by molar-refractivity contribution is -0.131. The molecule has 2 aliphatic rings. The first-order valence-corrected chi connectivity index (χ1v) is 16.3. The molecule has 1 saturated heterocycles. The number of nitrogens with one attached hydrogen (secondary N) is 1. The largest absolute Gasteiger partial charge is 0.444 e. The predicted molar refractivity (Wildman–Crippen MR) is 141 cm³/mol. The minimum absolute atomic E-state index is 0.00324. The topological polar surface area (TPSA) is 84.9 Å². The maximum atomic E-state index is 13.9. The molecule has 3 rings (SSSR count). The van der Waals surface area contributed by atoms with Gasteiger partial charge in [-0.05, 0) is 64.4 Å². The first kappa shape index (κ1) is 27.6. The van der Waals surface area contributed by atoms with Crippen molar-refractivity contribution in [1.29, 1.82) is 0 Å². The van der Waals surface area contributed by atoms with Gasteiger partial charge in [0, 0.05) is 22.8 Å². The van der Waals surface area contributed by atoms with Crippen LogP contribution in [0.4, 0.5) is 4.79 Å². The highest BCUT2D eigenvalue weighted by Gasteiger charge is 2.48. The molecular weight excluding hydrogens is 480 g/mol. The highest BCUT2D eigenvalue weighted by atomic mass is 32.2. The Labute approximate surface area is 213 Å². The number of fused-ring (bicyclic) bond motifs is 1. The Balaban J connectivity index is 2.01. The van der Waals surface area contributed by atoms with Crippen LogP contribution in [0.15, 0.2) is 39.8 Å². The first-order valence-electron chi connectivity index (χ1n) is 12.2. The summed E-state index contributed by atoms with van der Waals surface area (Å²) >= 11 is 0. The van der Waals surface area contributed by atoms with E-state index in [1.807, 2.05) is 31.2 Å². The molecule has 1 aromatic carbocycles. The zero-order valence-electron chi connectivity index (χ0n) is 22.5. The Hall–Kier alpha value is -1.97. The van der Waals surface area contributed by atoms with Crippen molar-refractivity contribution in [2.24, 2.45) is 0 Å². The van der Waals surface area contributed by atoms with E-state index in [1.54, 1.807) is 25.7 Å². The average Bonchev–Trinajstić information content (AvgIpc) is 3.11. The fourth-order valence-corrected chi connectivity index (χ4v) is 6.70. The van der Waals surface area contributed by atoms with E-state index in [2.05, 4.69) is 39.2 Å². The number of nitrogens with zero attached hydrogens (tertiary/aromatic N) is 1. The highest BCUT2D eigenvalue weighted by molar-refractivity contribution is 7.89. The third-order valence-corrected chi connectivity index (χ3v) is 12.9. The zero-order chi connectivity index (χ0) is 26.3. The van der Waals surface area contributed by atoms with Gasteiger partial charge in [-0.15, -0.1) is 0 Å². The number of benzene rings is 1. The van der Waals surface area contributed by atoms with E-state index in [0.29, 0.717) is 28.5 Å². The molecule has 9 heteroatoms. The predicted octanol–water partition coefficient (Wildman–Crippen LogP) is 5.23. The Kier molecular flexibility index (Phi) is 7.75. The average molecular weight is 521 g/mol. The normalized spacial score (nSPS) is 22.2. The van der Waals surface area contributed by atoms with Crippen LogP contribution in [-0.4, -0.2) is 53.7 Å². The lowest BCUT2D eigenvalue weighted by Gasteiger charge is -2.40. The van der Waals surface area contributed by atoms with Crippen molar-refractivity contribution in [1.82, 2.24) is 10.2 Å². The maximum absolute atomic E-state index is 13.9. The van der Waals surface area contributed by atoms with Crippen molar-refractivity contribution < 1.29 is 23.0 Å². The minimum Gasteiger partial charge on any atom is -0.444 e. The summed E-state index contributed by atoms with van der Waals surface area (Å²) in [5.41, 5.74) is 1.10. The molecule has 1 fully saturated rings. The zero-order valence-corrected chi connectivity index (χ0v) is 24.3. The van der Waals surface area contributed by atoms with Crippen molar-refractivity contribution >= 4 is 31.1 Å². The second-order valence-electron chi connectivity index (χ2n) is 11.9. The number of hydrogen-bond acceptors (Lipinski definition) is 5. The van der Waals surface area contributed by atoms with Gasteiger partial charge in [0.1, 0.15) is 11.6 Å². The second-order valence-corrected chi connectivity index (χ2v) is 18.2. The van der Waals surface area contributed by atoms with E-state index < -0.39 is 36.9 Å². The molecule has 2 aliphatic heterocycles. The summed E-state index contributed by atoms with van der Waals surface area (Å²) in [5, 5.41) is 2.71. The summed E-state index contributed by atoms with van der Waals surface area (Å²) in [4.78, 5) is 28.9. The van der Waals surface area contributed by atoms with E-state index in [-0.39, 0.29) is 23.5 Å². The number of carbonyl (C=O) groups is 2. The van der Waals surface area contributed by atoms with Crippen molar-refractivity contribution in [3.63, 3.8) is 0 Å². The van der Waals surface area contributed by atoms with Crippen molar-refractivity contribution in [3.8, 4) is 0 Å². The number of carbonyl (C=O) groups excluding carboxylic acids is 2. The van der Waals surface area contributed by atoms with Crippen LogP contribution in [0.5, 0.6) is 0 Å². The van der Waals surface area contributed by atoms with Crippen LogP contribution in [0, 0.1) is 6.92 Å². The van der Waals surface area contributed by atoms with Crippen LogP contribution < -0.4 is 5.32 Å². The Morgan fingerprint density at radius 1 is 1.11 bits per heavy atom. The molecule has 194 valence electrons. The van der Waals surface area contributed by atoms with Gasteiger partial charge in [0.05, 0.1) is 22.6 Å². The Bertz CT molecular complexity index is 1040. The van der Waals surface area contributed by atoms with Gasteiger partial charge in [-0.3, -0.25) is 4.79 Å². The van der Waals surface area contributed by atoms with Gasteiger partial charge in [-0.2, -0.15) is 0 Å². The van der Waals surface area contributed by atoms with Gasteiger partial charge in [-0.25, -0.2) is 9.00 Å². The lowest BCUT2D eigenvalue weighted by atomic mass is 10.1. The van der Waals surface area contributed by atoms with Crippen LogP contribution in [0.1, 0.15) is 59.9 Å². The number of rotatable bonds is 5. The summed E-state index contributed by atoms with van der Waals surface area (Å²) in [6.45, 7) is 18.7. The van der Waals surface area contributed by atoms with Crippen LogP contribution >= 0.6 is 0 Å². The summed E-state index contributed by atoms with van der Waals surface area (Å²) in [5.74, 6) is -0.211. The number of aryl methyl sites for hydroxylation is 1. The molecule has 35 heavy (non-hydrogen) atoms. The number of hydrogen-bond donors (Lipinski definition) is 1. The van der Waals surface area contributed by atoms with Crippen LogP contribution in [-0.2, 0) is 24.8 Å². The first-order chi connectivity index (χ1) is 16.0. The fraction of sp³-hybridized carbons (Fsp3) is 0.615. The van der Waals surface area contributed by atoms with Gasteiger partial charge in [0.2, 0.25) is 5.91 Å². The van der Waals surface area contributed by atoms with Crippen molar-refractivity contribution in [2.75, 3.05) is 6.54 Å². The van der Waals surface area contributed by atoms with Crippen LogP contribution in [0.3, 0.4) is 0 Å². The molecular formula is C26H40N2O5SSi. The van der Waals surface area contributed by atoms with Crippen LogP contribution in [0.2, 0.25) is 18.1 Å². The molecule has 0 radical (unpaired) electrons. The molecule has 0 spiro atoms. The molecule has 7 nitrogen and oxygen atoms in total. The number of ether oxygens (including phenoxy) is 1. The lowest BCUT2D eigenvalue weighted by Crippen LogP contribution is -2.52. The van der Waals surface area contributed by atoms with E-state index in [4.69, 9.17) is 9.16 Å². The summed E-state index contributed by atoms with van der Waals surface area (Å²) in [7, 11) is -3.65. The van der Waals surface area contributed by atoms with E-state index >= 15 is 0 Å². The van der Waals surface area contributed by atoms with Crippen molar-refractivity contribution in [3.05, 3.63) is 40.4 Å². The highest BCUT2D eigenvalue weighted by Crippen LogP contribution is 2.43. The monoisotopic (exact) mass is 520 g/mol. The number of amides is 2. The molecule has 0 aromatic heterocycles. The molecule has 1 unspecified atom stereocenters. The fourth-order valence-electron chi connectivity index (χ4n) is 3.99. The maximum Gasteiger partial charge on any atom is 0.408 e. The van der Waals surface area contributed by atoms with Crippen LogP contribution in [0.25, 0.3) is 0 Å². The van der Waals surface area contributed by atoms with Gasteiger partial charge >= 0.3 is 6.09 Å². The molecule has 0 aliphatic carbocycles. The second kappa shape index (κ2) is 9.82. The molecule has 2 heterocycles. The van der Waals surface area contributed by atoms with E-state index in [1.165, 1.54) is 0 Å². The molecule has 1 N–H and O–H groups in total. The Morgan fingerprint density at radius 3 is 2.26 bits per heavy atom. The third kappa shape index (κ3) is 6.24. The van der Waals surface area contributed by atoms with Crippen molar-refractivity contribution in [2.45, 2.75) is 102 Å². The molecule has 2 amide bonds. The minimum atomic E-state index is -2.15. The summed E-state index contributed by atoms with van der Waals surface area (Å²) < 4.78 is 26.0.